The number of aromatic nitrogens is 1. The van der Waals surface area contributed by atoms with Gasteiger partial charge in [-0.05, 0) is 25.8 Å². The molecule has 0 saturated carbocycles. The Morgan fingerprint density at radius 1 is 1.65 bits per heavy atom. The zero-order valence-corrected chi connectivity index (χ0v) is 10.9. The normalized spacial score (nSPS) is 15.1. The number of carbonyl (C=O) groups is 1. The van der Waals surface area contributed by atoms with E-state index in [0.717, 1.165) is 23.5 Å². The Morgan fingerprint density at radius 3 is 3.06 bits per heavy atom. The van der Waals surface area contributed by atoms with Crippen LogP contribution in [0.4, 0.5) is 0 Å². The summed E-state index contributed by atoms with van der Waals surface area (Å²) in [5.74, 6) is 0.421. The summed E-state index contributed by atoms with van der Waals surface area (Å²) in [6, 6.07) is 0. The van der Waals surface area contributed by atoms with Crippen LogP contribution in [-0.4, -0.2) is 29.4 Å². The average Bonchev–Trinajstić information content (AvgIpc) is 2.75. The smallest absolute Gasteiger partial charge is 0.288 e. The van der Waals surface area contributed by atoms with Crippen LogP contribution in [0.3, 0.4) is 0 Å². The monoisotopic (exact) mass is 252 g/mol. The van der Waals surface area contributed by atoms with Crippen molar-refractivity contribution in [2.75, 3.05) is 13.7 Å². The van der Waals surface area contributed by atoms with Crippen molar-refractivity contribution in [2.45, 2.75) is 26.3 Å². The van der Waals surface area contributed by atoms with Gasteiger partial charge in [0.05, 0.1) is 13.2 Å². The summed E-state index contributed by atoms with van der Waals surface area (Å²) in [5, 5.41) is 2.94. The summed E-state index contributed by atoms with van der Waals surface area (Å²) in [7, 11) is 1.78. The second-order valence-electron chi connectivity index (χ2n) is 4.10. The van der Waals surface area contributed by atoms with E-state index in [0.29, 0.717) is 18.9 Å². The summed E-state index contributed by atoms with van der Waals surface area (Å²) in [6.45, 7) is 3.13. The van der Waals surface area contributed by atoms with Crippen molar-refractivity contribution < 1.29 is 9.53 Å². The molecule has 2 rings (SSSR count). The van der Waals surface area contributed by atoms with Crippen LogP contribution in [0.1, 0.15) is 23.5 Å². The fraction of sp³-hybridized carbons (Fsp3) is 0.500. The third kappa shape index (κ3) is 3.06. The molecule has 1 aliphatic rings. The van der Waals surface area contributed by atoms with E-state index in [1.165, 1.54) is 0 Å². The highest BCUT2D eigenvalue weighted by Crippen LogP contribution is 2.15. The third-order valence-electron chi connectivity index (χ3n) is 2.53. The van der Waals surface area contributed by atoms with Gasteiger partial charge in [0, 0.05) is 18.1 Å². The van der Waals surface area contributed by atoms with Crippen molar-refractivity contribution in [3.8, 4) is 0 Å². The van der Waals surface area contributed by atoms with E-state index < -0.39 is 0 Å². The number of likely N-dealkylation sites (N-methyl/N-ethyl adjacent to an activating group) is 1. The van der Waals surface area contributed by atoms with Crippen LogP contribution in [0, 0.1) is 6.92 Å². The Balaban J connectivity index is 1.97. The first kappa shape index (κ1) is 12.1. The van der Waals surface area contributed by atoms with Crippen molar-refractivity contribution >= 4 is 17.2 Å². The van der Waals surface area contributed by atoms with Crippen molar-refractivity contribution in [2.24, 2.45) is 0 Å². The van der Waals surface area contributed by atoms with Gasteiger partial charge in [0.15, 0.2) is 5.76 Å². The van der Waals surface area contributed by atoms with E-state index in [9.17, 15) is 4.79 Å². The SMILES string of the molecule is Cc1csc(CN(C)C(=O)C2=CCCCO2)n1. The lowest BCUT2D eigenvalue weighted by Crippen LogP contribution is -2.29. The molecule has 0 atom stereocenters. The highest BCUT2D eigenvalue weighted by atomic mass is 32.1. The van der Waals surface area contributed by atoms with Crippen LogP contribution in [0.2, 0.25) is 0 Å². The minimum Gasteiger partial charge on any atom is -0.488 e. The molecule has 1 aliphatic heterocycles. The van der Waals surface area contributed by atoms with Crippen LogP contribution >= 0.6 is 11.3 Å². The number of thiazole rings is 1. The predicted molar refractivity (Wildman–Crippen MR) is 66.6 cm³/mol. The van der Waals surface area contributed by atoms with Crippen molar-refractivity contribution in [3.63, 3.8) is 0 Å². The number of hydrogen-bond donors (Lipinski definition) is 0. The molecule has 0 aliphatic carbocycles. The number of ether oxygens (including phenoxy) is 1. The first-order valence-electron chi connectivity index (χ1n) is 5.66. The van der Waals surface area contributed by atoms with E-state index in [2.05, 4.69) is 4.98 Å². The highest BCUT2D eigenvalue weighted by Gasteiger charge is 2.18. The molecule has 0 aromatic carbocycles. The lowest BCUT2D eigenvalue weighted by Gasteiger charge is -2.20. The summed E-state index contributed by atoms with van der Waals surface area (Å²) >= 11 is 1.58. The van der Waals surface area contributed by atoms with Gasteiger partial charge < -0.3 is 9.64 Å². The molecule has 0 N–H and O–H groups in total. The van der Waals surface area contributed by atoms with E-state index in [1.54, 1.807) is 23.3 Å². The molecule has 92 valence electrons. The van der Waals surface area contributed by atoms with Crippen molar-refractivity contribution in [1.82, 2.24) is 9.88 Å². The molecule has 1 aromatic heterocycles. The highest BCUT2D eigenvalue weighted by molar-refractivity contribution is 7.09. The molecule has 0 spiro atoms. The number of carbonyl (C=O) groups excluding carboxylic acids is 1. The number of allylic oxidation sites excluding steroid dienone is 1. The summed E-state index contributed by atoms with van der Waals surface area (Å²) < 4.78 is 5.36. The number of hydrogen-bond acceptors (Lipinski definition) is 4. The van der Waals surface area contributed by atoms with Crippen molar-refractivity contribution in [1.29, 1.82) is 0 Å². The van der Waals surface area contributed by atoms with Gasteiger partial charge in [-0.3, -0.25) is 4.79 Å². The average molecular weight is 252 g/mol. The van der Waals surface area contributed by atoms with Gasteiger partial charge in [-0.2, -0.15) is 0 Å². The maximum Gasteiger partial charge on any atom is 0.288 e. The fourth-order valence-electron chi connectivity index (χ4n) is 1.64. The molecule has 4 nitrogen and oxygen atoms in total. The lowest BCUT2D eigenvalue weighted by atomic mass is 10.2. The Labute approximate surface area is 105 Å². The molecule has 17 heavy (non-hydrogen) atoms. The molecular weight excluding hydrogens is 236 g/mol. The molecule has 0 fully saturated rings. The molecule has 0 saturated heterocycles. The second kappa shape index (κ2) is 5.31. The summed E-state index contributed by atoms with van der Waals surface area (Å²) in [4.78, 5) is 18.0. The number of nitrogens with zero attached hydrogens (tertiary/aromatic N) is 2. The number of amides is 1. The largest absolute Gasteiger partial charge is 0.488 e. The molecule has 0 bridgehead atoms. The zero-order chi connectivity index (χ0) is 12.3. The molecule has 0 unspecified atom stereocenters. The van der Waals surface area contributed by atoms with Gasteiger partial charge in [0.1, 0.15) is 5.01 Å². The van der Waals surface area contributed by atoms with Crippen LogP contribution < -0.4 is 0 Å². The Kier molecular flexibility index (Phi) is 3.78. The van der Waals surface area contributed by atoms with Crippen molar-refractivity contribution in [3.05, 3.63) is 27.9 Å². The first-order valence-corrected chi connectivity index (χ1v) is 6.54. The molecule has 2 heterocycles. The Hall–Kier alpha value is -1.36. The van der Waals surface area contributed by atoms with Crippen LogP contribution in [0.15, 0.2) is 17.2 Å². The van der Waals surface area contributed by atoms with Crippen LogP contribution in [-0.2, 0) is 16.1 Å². The van der Waals surface area contributed by atoms with Gasteiger partial charge in [-0.15, -0.1) is 11.3 Å². The topological polar surface area (TPSA) is 42.4 Å². The number of aryl methyl sites for hydroxylation is 1. The van der Waals surface area contributed by atoms with Gasteiger partial charge in [-0.25, -0.2) is 4.98 Å². The standard InChI is InChI=1S/C12H16N2O2S/c1-9-8-17-11(13-9)7-14(2)12(15)10-5-3-4-6-16-10/h5,8H,3-4,6-7H2,1-2H3. The third-order valence-corrected chi connectivity index (χ3v) is 3.48. The van der Waals surface area contributed by atoms with Gasteiger partial charge >= 0.3 is 0 Å². The Bertz CT molecular complexity index is 439. The maximum absolute atomic E-state index is 12.0. The minimum atomic E-state index is -0.0578. The predicted octanol–water partition coefficient (Wildman–Crippen LogP) is 2.10. The quantitative estimate of drug-likeness (QED) is 0.827. The van der Waals surface area contributed by atoms with Gasteiger partial charge in [-0.1, -0.05) is 0 Å². The fourth-order valence-corrected chi connectivity index (χ4v) is 2.47. The summed E-state index contributed by atoms with van der Waals surface area (Å²) in [6.07, 6.45) is 3.78. The van der Waals surface area contributed by atoms with E-state index >= 15 is 0 Å². The first-order chi connectivity index (χ1) is 8.16. The molecule has 5 heteroatoms. The van der Waals surface area contributed by atoms with E-state index in [1.807, 2.05) is 18.4 Å². The van der Waals surface area contributed by atoms with E-state index in [-0.39, 0.29) is 5.91 Å². The molecular formula is C12H16N2O2S. The van der Waals surface area contributed by atoms with E-state index in [4.69, 9.17) is 4.74 Å². The van der Waals surface area contributed by atoms with Crippen LogP contribution in [0.5, 0.6) is 0 Å². The maximum atomic E-state index is 12.0. The van der Waals surface area contributed by atoms with Crippen LogP contribution in [0.25, 0.3) is 0 Å². The Morgan fingerprint density at radius 2 is 2.47 bits per heavy atom. The summed E-state index contributed by atoms with van der Waals surface area (Å²) in [5.41, 5.74) is 0.999. The number of rotatable bonds is 3. The molecule has 1 aromatic rings. The molecule has 1 amide bonds. The molecule has 0 radical (unpaired) electrons. The van der Waals surface area contributed by atoms with Gasteiger partial charge in [0.25, 0.3) is 5.91 Å². The zero-order valence-electron chi connectivity index (χ0n) is 10.1. The second-order valence-corrected chi connectivity index (χ2v) is 5.05. The van der Waals surface area contributed by atoms with Gasteiger partial charge in [0.2, 0.25) is 0 Å². The minimum absolute atomic E-state index is 0.0578. The lowest BCUT2D eigenvalue weighted by molar-refractivity contribution is -0.130.